The Hall–Kier alpha value is -1.42. The highest BCUT2D eigenvalue weighted by atomic mass is 28.4. The molecule has 3 rings (SSSR count). The quantitative estimate of drug-likeness (QED) is 0.752. The Morgan fingerprint density at radius 3 is 2.32 bits per heavy atom. The van der Waals surface area contributed by atoms with Crippen LogP contribution in [0.15, 0.2) is 54.6 Å². The third-order valence-electron chi connectivity index (χ3n) is 5.82. The van der Waals surface area contributed by atoms with Gasteiger partial charge in [-0.15, -0.1) is 0 Å². The second kappa shape index (κ2) is 7.06. The summed E-state index contributed by atoms with van der Waals surface area (Å²) in [4.78, 5) is 0. The van der Waals surface area contributed by atoms with Gasteiger partial charge in [0.1, 0.15) is 0 Å². The summed E-state index contributed by atoms with van der Waals surface area (Å²) in [6, 6.07) is 20.2. The van der Waals surface area contributed by atoms with Crippen LogP contribution in [0.25, 0.3) is 0 Å². The van der Waals surface area contributed by atoms with E-state index in [0.717, 1.165) is 13.0 Å². The van der Waals surface area contributed by atoms with Gasteiger partial charge in [0.2, 0.25) is 0 Å². The minimum Gasteiger partial charge on any atom is -0.415 e. The van der Waals surface area contributed by atoms with Crippen LogP contribution < -0.4 is 5.32 Å². The van der Waals surface area contributed by atoms with Crippen LogP contribution in [0.1, 0.15) is 43.5 Å². The largest absolute Gasteiger partial charge is 0.415 e. The third-order valence-corrected chi connectivity index (χ3v) is 10.3. The van der Waals surface area contributed by atoms with Gasteiger partial charge in [-0.1, -0.05) is 75.4 Å². The van der Waals surface area contributed by atoms with Crippen molar-refractivity contribution >= 4 is 8.32 Å². The third kappa shape index (κ3) is 4.05. The van der Waals surface area contributed by atoms with Crippen molar-refractivity contribution in [2.45, 2.75) is 57.4 Å². The van der Waals surface area contributed by atoms with Crippen molar-refractivity contribution in [3.8, 4) is 0 Å². The molecule has 0 amide bonds. The summed E-state index contributed by atoms with van der Waals surface area (Å²) in [6.07, 6.45) is 1.04. The summed E-state index contributed by atoms with van der Waals surface area (Å²) >= 11 is 0. The van der Waals surface area contributed by atoms with Crippen LogP contribution in [0, 0.1) is 0 Å². The zero-order chi connectivity index (χ0) is 18.1. The van der Waals surface area contributed by atoms with E-state index in [1.54, 1.807) is 0 Å². The average Bonchev–Trinajstić information content (AvgIpc) is 2.59. The van der Waals surface area contributed by atoms with E-state index in [-0.39, 0.29) is 11.1 Å². The molecule has 2 aromatic carbocycles. The van der Waals surface area contributed by atoms with Gasteiger partial charge in [0, 0.05) is 12.6 Å². The van der Waals surface area contributed by atoms with Gasteiger partial charge in [-0.05, 0) is 41.2 Å². The van der Waals surface area contributed by atoms with E-state index in [9.17, 15) is 0 Å². The molecule has 2 aromatic rings. The number of hydrogen-bond donors (Lipinski definition) is 1. The summed E-state index contributed by atoms with van der Waals surface area (Å²) in [6.45, 7) is 12.4. The van der Waals surface area contributed by atoms with E-state index in [2.05, 4.69) is 93.8 Å². The molecule has 0 spiro atoms. The first-order valence-corrected chi connectivity index (χ1v) is 12.2. The van der Waals surface area contributed by atoms with Crippen molar-refractivity contribution in [3.63, 3.8) is 0 Å². The maximum Gasteiger partial charge on any atom is 0.192 e. The van der Waals surface area contributed by atoms with Gasteiger partial charge < -0.3 is 9.74 Å². The van der Waals surface area contributed by atoms with Crippen LogP contribution in [0.5, 0.6) is 0 Å². The van der Waals surface area contributed by atoms with Gasteiger partial charge in [0.05, 0.1) is 6.04 Å². The number of nitrogens with one attached hydrogen (secondary N) is 1. The molecule has 3 heteroatoms. The fraction of sp³-hybridized carbons (Fsp3) is 0.455. The van der Waals surface area contributed by atoms with Crippen LogP contribution in [0.3, 0.4) is 0 Å². The minimum absolute atomic E-state index is 0.248. The molecule has 0 aromatic heterocycles. The molecule has 0 saturated heterocycles. The summed E-state index contributed by atoms with van der Waals surface area (Å²) < 4.78 is 6.51. The molecule has 1 N–H and O–H groups in total. The lowest BCUT2D eigenvalue weighted by molar-refractivity contribution is 0.229. The van der Waals surface area contributed by atoms with E-state index in [1.165, 1.54) is 16.7 Å². The number of hydrogen-bond acceptors (Lipinski definition) is 2. The van der Waals surface area contributed by atoms with Gasteiger partial charge in [0.25, 0.3) is 0 Å². The number of rotatable bonds is 4. The van der Waals surface area contributed by atoms with E-state index >= 15 is 0 Å². The fourth-order valence-electron chi connectivity index (χ4n) is 3.21. The van der Waals surface area contributed by atoms with E-state index in [4.69, 9.17) is 4.43 Å². The van der Waals surface area contributed by atoms with E-state index in [1.807, 2.05) is 0 Å². The fourth-order valence-corrected chi connectivity index (χ4v) is 4.26. The molecule has 1 heterocycles. The zero-order valence-corrected chi connectivity index (χ0v) is 17.2. The van der Waals surface area contributed by atoms with Crippen LogP contribution in [-0.2, 0) is 10.8 Å². The van der Waals surface area contributed by atoms with Crippen LogP contribution >= 0.6 is 0 Å². The molecule has 1 aliphatic rings. The van der Waals surface area contributed by atoms with Gasteiger partial charge in [-0.3, -0.25) is 0 Å². The van der Waals surface area contributed by atoms with Crippen LogP contribution in [0.2, 0.25) is 18.1 Å². The SMILES string of the molecule is CC(C)(C)[Si](C)(C)OC[C@@H]1Cc2ccccc2[C@@H](c2ccccc2)N1. The lowest BCUT2D eigenvalue weighted by Gasteiger charge is -2.39. The molecule has 0 bridgehead atoms. The Bertz CT molecular complexity index is 705. The topological polar surface area (TPSA) is 21.3 Å². The van der Waals surface area contributed by atoms with Crippen molar-refractivity contribution in [1.82, 2.24) is 5.32 Å². The second-order valence-corrected chi connectivity index (χ2v) is 13.5. The second-order valence-electron chi connectivity index (χ2n) is 8.68. The predicted molar refractivity (Wildman–Crippen MR) is 109 cm³/mol. The monoisotopic (exact) mass is 353 g/mol. The van der Waals surface area contributed by atoms with Gasteiger partial charge in [0.15, 0.2) is 8.32 Å². The molecule has 0 fully saturated rings. The predicted octanol–water partition coefficient (Wildman–Crippen LogP) is 5.31. The van der Waals surface area contributed by atoms with E-state index < -0.39 is 8.32 Å². The molecule has 1 aliphatic heterocycles. The van der Waals surface area contributed by atoms with Crippen molar-refractivity contribution in [1.29, 1.82) is 0 Å². The summed E-state index contributed by atoms with van der Waals surface area (Å²) in [5.41, 5.74) is 4.17. The molecular formula is C22H31NOSi. The Morgan fingerprint density at radius 2 is 1.64 bits per heavy atom. The molecule has 134 valence electrons. The van der Waals surface area contributed by atoms with Crippen molar-refractivity contribution < 1.29 is 4.43 Å². The highest BCUT2D eigenvalue weighted by Crippen LogP contribution is 2.37. The molecule has 2 atom stereocenters. The molecule has 0 radical (unpaired) electrons. The molecule has 0 aliphatic carbocycles. The average molecular weight is 354 g/mol. The van der Waals surface area contributed by atoms with Gasteiger partial charge in [-0.25, -0.2) is 0 Å². The highest BCUT2D eigenvalue weighted by Gasteiger charge is 2.38. The standard InChI is InChI=1S/C22H31NOSi/c1-22(2,3)25(4,5)24-16-19-15-18-13-9-10-14-20(18)21(23-19)17-11-7-6-8-12-17/h6-14,19,21,23H,15-16H2,1-5H3/t19-,21+/m0/s1. The Kier molecular flexibility index (Phi) is 5.19. The van der Waals surface area contributed by atoms with Crippen molar-refractivity contribution in [2.75, 3.05) is 6.61 Å². The molecule has 25 heavy (non-hydrogen) atoms. The zero-order valence-electron chi connectivity index (χ0n) is 16.2. The summed E-state index contributed by atoms with van der Waals surface area (Å²) in [5.74, 6) is 0. The van der Waals surface area contributed by atoms with Crippen LogP contribution in [0.4, 0.5) is 0 Å². The lowest BCUT2D eigenvalue weighted by Crippen LogP contribution is -2.48. The van der Waals surface area contributed by atoms with Crippen molar-refractivity contribution in [3.05, 3.63) is 71.3 Å². The Morgan fingerprint density at radius 1 is 1.00 bits per heavy atom. The first-order valence-electron chi connectivity index (χ1n) is 9.31. The summed E-state index contributed by atoms with van der Waals surface area (Å²) in [7, 11) is -1.72. The maximum atomic E-state index is 6.51. The van der Waals surface area contributed by atoms with Crippen LogP contribution in [-0.4, -0.2) is 21.0 Å². The Balaban J connectivity index is 1.80. The normalized spacial score (nSPS) is 21.0. The number of benzene rings is 2. The van der Waals surface area contributed by atoms with Crippen molar-refractivity contribution in [2.24, 2.45) is 0 Å². The van der Waals surface area contributed by atoms with E-state index in [0.29, 0.717) is 6.04 Å². The molecule has 0 saturated carbocycles. The first kappa shape index (κ1) is 18.4. The Labute approximate surface area is 153 Å². The minimum atomic E-state index is -1.72. The lowest BCUT2D eigenvalue weighted by atomic mass is 9.87. The first-order chi connectivity index (χ1) is 11.8. The van der Waals surface area contributed by atoms with Gasteiger partial charge in [-0.2, -0.15) is 0 Å². The molecule has 0 unspecified atom stereocenters. The smallest absolute Gasteiger partial charge is 0.192 e. The molecule has 2 nitrogen and oxygen atoms in total. The summed E-state index contributed by atoms with van der Waals surface area (Å²) in [5, 5.41) is 4.10. The molecular weight excluding hydrogens is 322 g/mol. The van der Waals surface area contributed by atoms with Gasteiger partial charge >= 0.3 is 0 Å². The highest BCUT2D eigenvalue weighted by molar-refractivity contribution is 6.74. The maximum absolute atomic E-state index is 6.51. The number of fused-ring (bicyclic) bond motifs is 1.